The number of ether oxygens (including phenoxy) is 1. The van der Waals surface area contributed by atoms with Crippen molar-refractivity contribution in [3.8, 4) is 0 Å². The Hall–Kier alpha value is -1.92. The highest BCUT2D eigenvalue weighted by Gasteiger charge is 2.39. The zero-order valence-electron chi connectivity index (χ0n) is 13.2. The molecular weight excluding hydrogens is 310 g/mol. The van der Waals surface area contributed by atoms with E-state index in [0.717, 1.165) is 11.1 Å². The second kappa shape index (κ2) is 6.68. The first kappa shape index (κ1) is 16.0. The van der Waals surface area contributed by atoms with Crippen LogP contribution in [0, 0.1) is 12.8 Å². The van der Waals surface area contributed by atoms with Gasteiger partial charge in [-0.3, -0.25) is 4.79 Å². The summed E-state index contributed by atoms with van der Waals surface area (Å²) in [5.41, 5.74) is 2.84. The van der Waals surface area contributed by atoms with E-state index in [1.165, 1.54) is 0 Å². The van der Waals surface area contributed by atoms with E-state index in [9.17, 15) is 4.79 Å². The van der Waals surface area contributed by atoms with E-state index in [-0.39, 0.29) is 17.9 Å². The van der Waals surface area contributed by atoms with Crippen molar-refractivity contribution in [1.82, 2.24) is 15.5 Å². The summed E-state index contributed by atoms with van der Waals surface area (Å²) in [6.07, 6.45) is 0. The maximum atomic E-state index is 13.0. The van der Waals surface area contributed by atoms with Crippen molar-refractivity contribution in [2.75, 3.05) is 26.3 Å². The molecule has 1 aromatic rings. The average molecular weight is 331 g/mol. The van der Waals surface area contributed by atoms with Crippen LogP contribution in [0.5, 0.6) is 0 Å². The van der Waals surface area contributed by atoms with E-state index in [1.807, 2.05) is 30.0 Å². The van der Waals surface area contributed by atoms with E-state index < -0.39 is 0 Å². The number of amides is 1. The van der Waals surface area contributed by atoms with Crippen LogP contribution in [0.2, 0.25) is 0 Å². The topological polar surface area (TPSA) is 53.6 Å². The van der Waals surface area contributed by atoms with Gasteiger partial charge >= 0.3 is 0 Å². The first-order valence-electron chi connectivity index (χ1n) is 7.75. The largest absolute Gasteiger partial charge is 0.378 e. The van der Waals surface area contributed by atoms with Crippen LogP contribution in [0.3, 0.4) is 0 Å². The minimum absolute atomic E-state index is 0.0623. The summed E-state index contributed by atoms with van der Waals surface area (Å²) in [5.74, 6) is -0.325. The number of thiocarbonyl (C=S) groups is 1. The van der Waals surface area contributed by atoms with E-state index in [0.29, 0.717) is 37.1 Å². The zero-order chi connectivity index (χ0) is 16.4. The van der Waals surface area contributed by atoms with Crippen LogP contribution in [-0.4, -0.2) is 42.2 Å². The van der Waals surface area contributed by atoms with Crippen LogP contribution in [0.1, 0.15) is 17.2 Å². The molecule has 2 fully saturated rings. The standard InChI is InChI=1S/C17H21N3O2S/c1-11-4-3-5-13(10-11)15-14(12(2)18-17(23)19-15)16(21)20-6-8-22-9-7-20/h3-5,10,14-15H,2,6-9H2,1H3,(H2,18,19,23)/t14-,15-/m1/s1. The minimum Gasteiger partial charge on any atom is -0.378 e. The fourth-order valence-corrected chi connectivity index (χ4v) is 3.35. The summed E-state index contributed by atoms with van der Waals surface area (Å²) in [6, 6.07) is 7.93. The number of aryl methyl sites for hydroxylation is 1. The Kier molecular flexibility index (Phi) is 4.63. The van der Waals surface area contributed by atoms with Gasteiger partial charge in [0, 0.05) is 18.8 Å². The Morgan fingerprint density at radius 3 is 2.83 bits per heavy atom. The smallest absolute Gasteiger partial charge is 0.234 e. The van der Waals surface area contributed by atoms with Crippen molar-refractivity contribution in [3.63, 3.8) is 0 Å². The van der Waals surface area contributed by atoms with Gasteiger partial charge in [0.1, 0.15) is 5.92 Å². The molecule has 23 heavy (non-hydrogen) atoms. The van der Waals surface area contributed by atoms with Crippen LogP contribution in [0.4, 0.5) is 0 Å². The normalized spacial score (nSPS) is 24.8. The molecule has 0 unspecified atom stereocenters. The van der Waals surface area contributed by atoms with Gasteiger partial charge in [0.2, 0.25) is 5.91 Å². The first-order chi connectivity index (χ1) is 11.1. The fraction of sp³-hybridized carbons (Fsp3) is 0.412. The van der Waals surface area contributed by atoms with Gasteiger partial charge in [-0.25, -0.2) is 0 Å². The van der Waals surface area contributed by atoms with Gasteiger partial charge in [0.05, 0.1) is 19.3 Å². The third kappa shape index (κ3) is 3.38. The highest BCUT2D eigenvalue weighted by molar-refractivity contribution is 7.80. The Balaban J connectivity index is 1.91. The number of morpholine rings is 1. The summed E-state index contributed by atoms with van der Waals surface area (Å²) in [4.78, 5) is 14.9. The molecule has 0 aliphatic carbocycles. The van der Waals surface area contributed by atoms with Crippen molar-refractivity contribution in [1.29, 1.82) is 0 Å². The molecule has 2 heterocycles. The van der Waals surface area contributed by atoms with E-state index in [1.54, 1.807) is 0 Å². The molecule has 3 rings (SSSR count). The quantitative estimate of drug-likeness (QED) is 0.805. The maximum absolute atomic E-state index is 13.0. The Morgan fingerprint density at radius 1 is 1.39 bits per heavy atom. The van der Waals surface area contributed by atoms with Crippen molar-refractivity contribution in [2.45, 2.75) is 13.0 Å². The Labute approximate surface area is 141 Å². The summed E-state index contributed by atoms with van der Waals surface area (Å²) in [5, 5.41) is 6.76. The van der Waals surface area contributed by atoms with Crippen molar-refractivity contribution >= 4 is 23.2 Å². The molecule has 0 spiro atoms. The minimum atomic E-state index is -0.387. The van der Waals surface area contributed by atoms with Crippen molar-refractivity contribution in [2.24, 2.45) is 5.92 Å². The van der Waals surface area contributed by atoms with Gasteiger partial charge in [-0.05, 0) is 24.7 Å². The predicted molar refractivity (Wildman–Crippen MR) is 92.8 cm³/mol. The lowest BCUT2D eigenvalue weighted by Crippen LogP contribution is -2.55. The van der Waals surface area contributed by atoms with Gasteiger partial charge in [0.25, 0.3) is 0 Å². The van der Waals surface area contributed by atoms with Crippen LogP contribution in [0.15, 0.2) is 36.5 Å². The summed E-state index contributed by atoms with van der Waals surface area (Å²) in [6.45, 7) is 8.48. The van der Waals surface area contributed by atoms with Crippen LogP contribution >= 0.6 is 12.2 Å². The van der Waals surface area contributed by atoms with Gasteiger partial charge < -0.3 is 20.3 Å². The van der Waals surface area contributed by atoms with Crippen LogP contribution < -0.4 is 10.6 Å². The van der Waals surface area contributed by atoms with E-state index in [2.05, 4.69) is 23.3 Å². The molecular formula is C17H21N3O2S. The molecule has 1 aromatic carbocycles. The van der Waals surface area contributed by atoms with Gasteiger partial charge in [-0.15, -0.1) is 0 Å². The number of hydrogen-bond acceptors (Lipinski definition) is 3. The predicted octanol–water partition coefficient (Wildman–Crippen LogP) is 1.50. The molecule has 2 atom stereocenters. The third-order valence-electron chi connectivity index (χ3n) is 4.26. The average Bonchev–Trinajstić information content (AvgIpc) is 2.54. The highest BCUT2D eigenvalue weighted by atomic mass is 32.1. The molecule has 2 N–H and O–H groups in total. The Bertz CT molecular complexity index is 640. The monoisotopic (exact) mass is 331 g/mol. The lowest BCUT2D eigenvalue weighted by atomic mass is 9.87. The lowest BCUT2D eigenvalue weighted by Gasteiger charge is -2.39. The lowest BCUT2D eigenvalue weighted by molar-refractivity contribution is -0.139. The molecule has 0 saturated carbocycles. The molecule has 2 aliphatic rings. The molecule has 1 amide bonds. The number of nitrogens with zero attached hydrogens (tertiary/aromatic N) is 1. The summed E-state index contributed by atoms with van der Waals surface area (Å²) >= 11 is 5.26. The summed E-state index contributed by atoms with van der Waals surface area (Å²) < 4.78 is 5.34. The number of nitrogens with one attached hydrogen (secondary N) is 2. The molecule has 0 aromatic heterocycles. The fourth-order valence-electron chi connectivity index (χ4n) is 3.10. The van der Waals surface area contributed by atoms with Gasteiger partial charge in [-0.2, -0.15) is 0 Å². The number of hydrogen-bond donors (Lipinski definition) is 2. The number of rotatable bonds is 2. The van der Waals surface area contributed by atoms with Gasteiger partial charge in [0.15, 0.2) is 5.11 Å². The van der Waals surface area contributed by atoms with Crippen LogP contribution in [-0.2, 0) is 9.53 Å². The molecule has 2 saturated heterocycles. The second-order valence-electron chi connectivity index (χ2n) is 5.93. The number of benzene rings is 1. The molecule has 122 valence electrons. The molecule has 0 bridgehead atoms. The molecule has 0 radical (unpaired) electrons. The zero-order valence-corrected chi connectivity index (χ0v) is 14.0. The molecule has 5 nitrogen and oxygen atoms in total. The SMILES string of the molecule is C=C1NC(=S)N[C@H](c2cccc(C)c2)[C@@H]1C(=O)N1CCOCC1. The second-order valence-corrected chi connectivity index (χ2v) is 6.34. The number of carbonyl (C=O) groups excluding carboxylic acids is 1. The van der Waals surface area contributed by atoms with Gasteiger partial charge in [-0.1, -0.05) is 36.4 Å². The maximum Gasteiger partial charge on any atom is 0.234 e. The Morgan fingerprint density at radius 2 is 2.13 bits per heavy atom. The number of carbonyl (C=O) groups is 1. The summed E-state index contributed by atoms with van der Waals surface area (Å²) in [7, 11) is 0. The van der Waals surface area contributed by atoms with Crippen molar-refractivity contribution < 1.29 is 9.53 Å². The molecule has 2 aliphatic heterocycles. The van der Waals surface area contributed by atoms with Crippen molar-refractivity contribution in [3.05, 3.63) is 47.7 Å². The van der Waals surface area contributed by atoms with E-state index in [4.69, 9.17) is 17.0 Å². The third-order valence-corrected chi connectivity index (χ3v) is 4.48. The van der Waals surface area contributed by atoms with Crippen LogP contribution in [0.25, 0.3) is 0 Å². The molecule has 6 heteroatoms. The first-order valence-corrected chi connectivity index (χ1v) is 8.16. The van der Waals surface area contributed by atoms with E-state index >= 15 is 0 Å². The highest BCUT2D eigenvalue weighted by Crippen LogP contribution is 2.31.